The van der Waals surface area contributed by atoms with Gasteiger partial charge in [0, 0.05) is 12.1 Å². The highest BCUT2D eigenvalue weighted by Crippen LogP contribution is 2.33. The Hall–Kier alpha value is -0.0400. The number of nitrogens with zero attached hydrogens (tertiary/aromatic N) is 1. The Morgan fingerprint density at radius 3 is 1.57 bits per heavy atom. The van der Waals surface area contributed by atoms with Crippen molar-refractivity contribution in [3.05, 3.63) is 0 Å². The van der Waals surface area contributed by atoms with Gasteiger partial charge in [-0.05, 0) is 37.6 Å². The van der Waals surface area contributed by atoms with Crippen LogP contribution < -0.4 is 0 Å². The summed E-state index contributed by atoms with van der Waals surface area (Å²) >= 11 is 0. The van der Waals surface area contributed by atoms with Crippen molar-refractivity contribution in [1.82, 2.24) is 4.90 Å². The van der Waals surface area contributed by atoms with Gasteiger partial charge in [0.2, 0.25) is 0 Å². The summed E-state index contributed by atoms with van der Waals surface area (Å²) in [6, 6.07) is 1.59. The zero-order valence-corrected chi connectivity index (χ0v) is 10.7. The van der Waals surface area contributed by atoms with Gasteiger partial charge in [0.25, 0.3) is 0 Å². The summed E-state index contributed by atoms with van der Waals surface area (Å²) in [5.41, 5.74) is 0. The number of hydrogen-bond donors (Lipinski definition) is 0. The largest absolute Gasteiger partial charge is 0.300 e. The van der Waals surface area contributed by atoms with Gasteiger partial charge in [-0.25, -0.2) is 0 Å². The van der Waals surface area contributed by atoms with E-state index in [1.54, 1.807) is 0 Å². The van der Waals surface area contributed by atoms with Gasteiger partial charge < -0.3 is 0 Å². The third-order valence-corrected chi connectivity index (χ3v) is 3.87. The third-order valence-electron chi connectivity index (χ3n) is 3.87. The molecule has 1 saturated heterocycles. The monoisotopic (exact) mass is 197 g/mol. The molecule has 1 nitrogen and oxygen atoms in total. The molecule has 14 heavy (non-hydrogen) atoms. The van der Waals surface area contributed by atoms with E-state index in [1.807, 2.05) is 0 Å². The molecule has 1 aliphatic rings. The molecule has 0 spiro atoms. The van der Waals surface area contributed by atoms with Crippen LogP contribution in [0.2, 0.25) is 0 Å². The van der Waals surface area contributed by atoms with E-state index < -0.39 is 0 Å². The minimum Gasteiger partial charge on any atom is -0.300 e. The second kappa shape index (κ2) is 4.65. The molecule has 0 N–H and O–H groups in total. The highest BCUT2D eigenvalue weighted by atomic mass is 15.2. The minimum absolute atomic E-state index is 0.795. The van der Waals surface area contributed by atoms with Gasteiger partial charge in [-0.1, -0.05) is 34.6 Å². The Balaban J connectivity index is 2.70. The molecule has 84 valence electrons. The standard InChI is InChI=1S/C13H27N/c1-9(2)12-7-11(5)8-13(10(3)4)14(12)6/h9-13H,7-8H2,1-6H3. The summed E-state index contributed by atoms with van der Waals surface area (Å²) in [5.74, 6) is 2.50. The van der Waals surface area contributed by atoms with E-state index in [9.17, 15) is 0 Å². The number of likely N-dealkylation sites (tertiary alicyclic amines) is 1. The van der Waals surface area contributed by atoms with E-state index in [4.69, 9.17) is 0 Å². The van der Waals surface area contributed by atoms with Crippen LogP contribution >= 0.6 is 0 Å². The summed E-state index contributed by atoms with van der Waals surface area (Å²) in [5, 5.41) is 0. The summed E-state index contributed by atoms with van der Waals surface area (Å²) in [7, 11) is 2.32. The lowest BCUT2D eigenvalue weighted by atomic mass is 9.80. The maximum Gasteiger partial charge on any atom is 0.0121 e. The Bertz CT molecular complexity index is 156. The molecular formula is C13H27N. The molecule has 0 radical (unpaired) electrons. The lowest BCUT2D eigenvalue weighted by molar-refractivity contribution is 0.0335. The Labute approximate surface area is 89.9 Å². The van der Waals surface area contributed by atoms with Crippen LogP contribution in [0.25, 0.3) is 0 Å². The van der Waals surface area contributed by atoms with E-state index in [2.05, 4.69) is 46.6 Å². The first kappa shape index (κ1) is 12.0. The Kier molecular flexibility index (Phi) is 4.00. The summed E-state index contributed by atoms with van der Waals surface area (Å²) in [6.07, 6.45) is 2.77. The molecule has 1 heteroatoms. The highest BCUT2D eigenvalue weighted by molar-refractivity contribution is 4.88. The first-order valence-corrected chi connectivity index (χ1v) is 6.15. The molecule has 0 amide bonds. The van der Waals surface area contributed by atoms with Crippen molar-refractivity contribution in [2.75, 3.05) is 7.05 Å². The lowest BCUT2D eigenvalue weighted by Gasteiger charge is -2.46. The molecule has 2 unspecified atom stereocenters. The SMILES string of the molecule is CC1CC(C(C)C)N(C)C(C(C)C)C1. The first-order valence-electron chi connectivity index (χ1n) is 6.15. The molecule has 0 aromatic heterocycles. The molecule has 0 saturated carbocycles. The fraction of sp³-hybridized carbons (Fsp3) is 1.00. The number of rotatable bonds is 2. The van der Waals surface area contributed by atoms with Gasteiger partial charge in [0.05, 0.1) is 0 Å². The van der Waals surface area contributed by atoms with E-state index in [0.29, 0.717) is 0 Å². The first-order chi connectivity index (χ1) is 6.43. The summed E-state index contributed by atoms with van der Waals surface area (Å²) in [4.78, 5) is 2.63. The van der Waals surface area contributed by atoms with Crippen molar-refractivity contribution >= 4 is 0 Å². The average Bonchev–Trinajstić information content (AvgIpc) is 2.07. The molecule has 0 aliphatic carbocycles. The van der Waals surface area contributed by atoms with Crippen molar-refractivity contribution in [2.24, 2.45) is 17.8 Å². The van der Waals surface area contributed by atoms with Crippen LogP contribution in [-0.4, -0.2) is 24.0 Å². The highest BCUT2D eigenvalue weighted by Gasteiger charge is 2.34. The fourth-order valence-electron chi connectivity index (χ4n) is 2.98. The van der Waals surface area contributed by atoms with Gasteiger partial charge in [0.15, 0.2) is 0 Å². The molecule has 1 aliphatic heterocycles. The van der Waals surface area contributed by atoms with Crippen LogP contribution in [0.5, 0.6) is 0 Å². The normalized spacial score (nSPS) is 35.6. The summed E-state index contributed by atoms with van der Waals surface area (Å²) < 4.78 is 0. The van der Waals surface area contributed by atoms with Crippen molar-refractivity contribution < 1.29 is 0 Å². The van der Waals surface area contributed by atoms with Gasteiger partial charge >= 0.3 is 0 Å². The van der Waals surface area contributed by atoms with Crippen LogP contribution in [0.15, 0.2) is 0 Å². The predicted molar refractivity (Wildman–Crippen MR) is 63.4 cm³/mol. The van der Waals surface area contributed by atoms with Crippen molar-refractivity contribution in [3.63, 3.8) is 0 Å². The van der Waals surface area contributed by atoms with Crippen LogP contribution in [-0.2, 0) is 0 Å². The van der Waals surface area contributed by atoms with E-state index >= 15 is 0 Å². The molecule has 1 rings (SSSR count). The topological polar surface area (TPSA) is 3.24 Å². The van der Waals surface area contributed by atoms with E-state index in [0.717, 1.165) is 29.8 Å². The molecular weight excluding hydrogens is 170 g/mol. The van der Waals surface area contributed by atoms with Gasteiger partial charge in [0.1, 0.15) is 0 Å². The lowest BCUT2D eigenvalue weighted by Crippen LogP contribution is -2.50. The van der Waals surface area contributed by atoms with Crippen LogP contribution in [0, 0.1) is 17.8 Å². The third kappa shape index (κ3) is 2.50. The quantitative estimate of drug-likeness (QED) is 0.656. The number of hydrogen-bond acceptors (Lipinski definition) is 1. The smallest absolute Gasteiger partial charge is 0.0121 e. The molecule has 1 heterocycles. The number of piperidine rings is 1. The minimum atomic E-state index is 0.795. The van der Waals surface area contributed by atoms with Gasteiger partial charge in [-0.3, -0.25) is 4.90 Å². The Morgan fingerprint density at radius 1 is 0.929 bits per heavy atom. The maximum absolute atomic E-state index is 2.63. The zero-order chi connectivity index (χ0) is 10.9. The van der Waals surface area contributed by atoms with Gasteiger partial charge in [-0.15, -0.1) is 0 Å². The Morgan fingerprint density at radius 2 is 1.29 bits per heavy atom. The van der Waals surface area contributed by atoms with Crippen LogP contribution in [0.3, 0.4) is 0 Å². The zero-order valence-electron chi connectivity index (χ0n) is 10.7. The molecule has 0 aromatic rings. The average molecular weight is 197 g/mol. The summed E-state index contributed by atoms with van der Waals surface area (Å²) in [6.45, 7) is 11.8. The van der Waals surface area contributed by atoms with Crippen molar-refractivity contribution in [1.29, 1.82) is 0 Å². The molecule has 1 fully saturated rings. The van der Waals surface area contributed by atoms with Crippen molar-refractivity contribution in [2.45, 2.75) is 59.5 Å². The van der Waals surface area contributed by atoms with Crippen LogP contribution in [0.4, 0.5) is 0 Å². The predicted octanol–water partition coefficient (Wildman–Crippen LogP) is 3.40. The van der Waals surface area contributed by atoms with Crippen molar-refractivity contribution in [3.8, 4) is 0 Å². The van der Waals surface area contributed by atoms with E-state index in [-0.39, 0.29) is 0 Å². The molecule has 0 bridgehead atoms. The molecule has 0 aromatic carbocycles. The molecule has 2 atom stereocenters. The van der Waals surface area contributed by atoms with Gasteiger partial charge in [-0.2, -0.15) is 0 Å². The fourth-order valence-corrected chi connectivity index (χ4v) is 2.98. The van der Waals surface area contributed by atoms with E-state index in [1.165, 1.54) is 12.8 Å². The second-order valence-electron chi connectivity index (χ2n) is 5.86. The second-order valence-corrected chi connectivity index (χ2v) is 5.86. The van der Waals surface area contributed by atoms with Crippen LogP contribution in [0.1, 0.15) is 47.5 Å². The maximum atomic E-state index is 2.63.